The number of carboxylic acids is 1. The Labute approximate surface area is 206 Å². The van der Waals surface area contributed by atoms with Crippen LogP contribution in [0, 0.1) is 6.92 Å². The monoisotopic (exact) mass is 498 g/mol. The third-order valence-electron chi connectivity index (χ3n) is 4.91. The summed E-state index contributed by atoms with van der Waals surface area (Å²) < 4.78 is 5.31. The number of rotatable bonds is 8. The normalized spacial score (nSPS) is 11.4. The third-order valence-corrected chi connectivity index (χ3v) is 6.42. The van der Waals surface area contributed by atoms with Crippen LogP contribution in [0.5, 0.6) is 5.75 Å². The molecule has 0 aromatic heterocycles. The van der Waals surface area contributed by atoms with Crippen molar-refractivity contribution in [3.05, 3.63) is 82.4 Å². The highest BCUT2D eigenvalue weighted by Crippen LogP contribution is 2.32. The minimum Gasteiger partial charge on any atom is -0.495 e. The highest BCUT2D eigenvalue weighted by molar-refractivity contribution is 8.00. The van der Waals surface area contributed by atoms with E-state index in [9.17, 15) is 19.5 Å². The van der Waals surface area contributed by atoms with E-state index in [0.29, 0.717) is 22.1 Å². The lowest BCUT2D eigenvalue weighted by molar-refractivity contribution is -0.115. The fourth-order valence-electron chi connectivity index (χ4n) is 3.14. The first-order valence-electron chi connectivity index (χ1n) is 10.2. The Morgan fingerprint density at radius 3 is 2.38 bits per heavy atom. The maximum absolute atomic E-state index is 12.8. The van der Waals surface area contributed by atoms with Crippen LogP contribution < -0.4 is 15.4 Å². The molecule has 9 heteroatoms. The summed E-state index contributed by atoms with van der Waals surface area (Å²) in [6.07, 6.45) is 0. The molecule has 3 aromatic rings. The van der Waals surface area contributed by atoms with Gasteiger partial charge in [-0.05, 0) is 55.8 Å². The van der Waals surface area contributed by atoms with Gasteiger partial charge in [0.05, 0.1) is 29.2 Å². The molecule has 0 bridgehead atoms. The SMILES string of the molecule is COc1cc(Cl)c(C)cc1NC(=O)C(C)Sc1cccc(NC(=O)c2ccccc2C(=O)O)c1. The smallest absolute Gasteiger partial charge is 0.336 e. The van der Waals surface area contributed by atoms with Crippen molar-refractivity contribution < 1.29 is 24.2 Å². The van der Waals surface area contributed by atoms with Crippen molar-refractivity contribution in [1.29, 1.82) is 0 Å². The van der Waals surface area contributed by atoms with E-state index in [4.69, 9.17) is 16.3 Å². The summed E-state index contributed by atoms with van der Waals surface area (Å²) in [5, 5.41) is 15.0. The number of anilines is 2. The summed E-state index contributed by atoms with van der Waals surface area (Å²) >= 11 is 7.44. The van der Waals surface area contributed by atoms with E-state index in [1.807, 2.05) is 13.0 Å². The second-order valence-electron chi connectivity index (χ2n) is 7.38. The second kappa shape index (κ2) is 11.1. The first-order valence-corrected chi connectivity index (χ1v) is 11.5. The van der Waals surface area contributed by atoms with Crippen LogP contribution in [0.15, 0.2) is 65.6 Å². The van der Waals surface area contributed by atoms with Gasteiger partial charge in [-0.2, -0.15) is 0 Å². The molecule has 3 N–H and O–H groups in total. The van der Waals surface area contributed by atoms with Gasteiger partial charge in [0, 0.05) is 21.7 Å². The lowest BCUT2D eigenvalue weighted by atomic mass is 10.1. The van der Waals surface area contributed by atoms with Gasteiger partial charge in [-0.15, -0.1) is 11.8 Å². The summed E-state index contributed by atoms with van der Waals surface area (Å²) in [6, 6.07) is 16.4. The van der Waals surface area contributed by atoms with Crippen LogP contribution in [0.25, 0.3) is 0 Å². The van der Waals surface area contributed by atoms with Crippen molar-refractivity contribution in [2.75, 3.05) is 17.7 Å². The number of ether oxygens (including phenoxy) is 1. The lowest BCUT2D eigenvalue weighted by Gasteiger charge is -2.16. The molecule has 0 spiro atoms. The number of carbonyl (C=O) groups is 3. The average Bonchev–Trinajstić information content (AvgIpc) is 2.81. The molecule has 1 atom stereocenters. The number of thioether (sulfide) groups is 1. The van der Waals surface area contributed by atoms with Crippen molar-refractivity contribution >= 4 is 52.5 Å². The van der Waals surface area contributed by atoms with Crippen molar-refractivity contribution in [2.45, 2.75) is 24.0 Å². The predicted molar refractivity (Wildman–Crippen MR) is 134 cm³/mol. The molecule has 2 amide bonds. The van der Waals surface area contributed by atoms with Crippen LogP contribution in [0.3, 0.4) is 0 Å². The van der Waals surface area contributed by atoms with Gasteiger partial charge in [-0.25, -0.2) is 4.79 Å². The fourth-order valence-corrected chi connectivity index (χ4v) is 4.22. The van der Waals surface area contributed by atoms with Crippen LogP contribution >= 0.6 is 23.4 Å². The molecule has 0 saturated heterocycles. The van der Waals surface area contributed by atoms with Crippen molar-refractivity contribution in [3.8, 4) is 5.75 Å². The van der Waals surface area contributed by atoms with E-state index >= 15 is 0 Å². The molecule has 0 aliphatic heterocycles. The quantitative estimate of drug-likeness (QED) is 0.343. The van der Waals surface area contributed by atoms with E-state index in [2.05, 4.69) is 10.6 Å². The standard InChI is InChI=1S/C25H23ClN2O5S/c1-14-11-21(22(33-3)13-20(14)26)28-23(29)15(2)34-17-8-6-7-16(12-17)27-24(30)18-9-4-5-10-19(18)25(31)32/h4-13,15H,1-3H3,(H,27,30)(H,28,29)(H,31,32). The Morgan fingerprint density at radius 2 is 1.71 bits per heavy atom. The molecule has 7 nitrogen and oxygen atoms in total. The zero-order valence-electron chi connectivity index (χ0n) is 18.7. The molecule has 0 fully saturated rings. The molecule has 3 aromatic carbocycles. The fraction of sp³-hybridized carbons (Fsp3) is 0.160. The molecular weight excluding hydrogens is 476 g/mol. The number of nitrogens with one attached hydrogen (secondary N) is 2. The van der Waals surface area contributed by atoms with E-state index in [-0.39, 0.29) is 17.0 Å². The Hall–Kier alpha value is -3.49. The van der Waals surface area contributed by atoms with E-state index in [0.717, 1.165) is 10.5 Å². The molecular formula is C25H23ClN2O5S. The molecule has 0 radical (unpaired) electrons. The van der Waals surface area contributed by atoms with Crippen molar-refractivity contribution in [1.82, 2.24) is 0 Å². The molecule has 0 saturated carbocycles. The highest BCUT2D eigenvalue weighted by atomic mass is 35.5. The number of hydrogen-bond donors (Lipinski definition) is 3. The van der Waals surface area contributed by atoms with E-state index in [1.165, 1.54) is 31.0 Å². The van der Waals surface area contributed by atoms with Gasteiger partial charge in [-0.1, -0.05) is 29.8 Å². The van der Waals surface area contributed by atoms with Gasteiger partial charge < -0.3 is 20.5 Å². The van der Waals surface area contributed by atoms with E-state index in [1.54, 1.807) is 49.4 Å². The summed E-state index contributed by atoms with van der Waals surface area (Å²) in [4.78, 5) is 37.6. The molecule has 34 heavy (non-hydrogen) atoms. The van der Waals surface area contributed by atoms with Crippen LogP contribution in [-0.4, -0.2) is 35.2 Å². The number of hydrogen-bond acceptors (Lipinski definition) is 5. The molecule has 3 rings (SSSR count). The van der Waals surface area contributed by atoms with Crippen molar-refractivity contribution in [3.63, 3.8) is 0 Å². The molecule has 0 aliphatic rings. The second-order valence-corrected chi connectivity index (χ2v) is 9.21. The number of methoxy groups -OCH3 is 1. The summed E-state index contributed by atoms with van der Waals surface area (Å²) in [6.45, 7) is 3.61. The van der Waals surface area contributed by atoms with Crippen LogP contribution in [0.2, 0.25) is 5.02 Å². The predicted octanol–water partition coefficient (Wildman–Crippen LogP) is 5.73. The molecule has 176 valence electrons. The molecule has 1 unspecified atom stereocenters. The van der Waals surface area contributed by atoms with Gasteiger partial charge in [0.1, 0.15) is 5.75 Å². The third kappa shape index (κ3) is 6.09. The van der Waals surface area contributed by atoms with Gasteiger partial charge in [0.25, 0.3) is 5.91 Å². The maximum Gasteiger partial charge on any atom is 0.336 e. The molecule has 0 aliphatic carbocycles. The number of aryl methyl sites for hydroxylation is 1. The Bertz CT molecular complexity index is 1250. The summed E-state index contributed by atoms with van der Waals surface area (Å²) in [7, 11) is 1.50. The topological polar surface area (TPSA) is 105 Å². The van der Waals surface area contributed by atoms with Crippen LogP contribution in [0.1, 0.15) is 33.2 Å². The minimum absolute atomic E-state index is 0.0630. The summed E-state index contributed by atoms with van der Waals surface area (Å²) in [5.41, 5.74) is 1.81. The molecule has 0 heterocycles. The zero-order chi connectivity index (χ0) is 24.8. The average molecular weight is 499 g/mol. The van der Waals surface area contributed by atoms with Crippen LogP contribution in [-0.2, 0) is 4.79 Å². The number of aromatic carboxylic acids is 1. The highest BCUT2D eigenvalue weighted by Gasteiger charge is 2.19. The largest absolute Gasteiger partial charge is 0.495 e. The number of benzene rings is 3. The van der Waals surface area contributed by atoms with Gasteiger partial charge >= 0.3 is 5.97 Å². The Kier molecular flexibility index (Phi) is 8.20. The zero-order valence-corrected chi connectivity index (χ0v) is 20.3. The Balaban J connectivity index is 1.69. The summed E-state index contributed by atoms with van der Waals surface area (Å²) in [5.74, 6) is -1.47. The first kappa shape index (κ1) is 25.1. The maximum atomic E-state index is 12.8. The number of carbonyl (C=O) groups excluding carboxylic acids is 2. The van der Waals surface area contributed by atoms with E-state index < -0.39 is 17.1 Å². The first-order chi connectivity index (χ1) is 16.2. The van der Waals surface area contributed by atoms with Crippen LogP contribution in [0.4, 0.5) is 11.4 Å². The Morgan fingerprint density at radius 1 is 1.00 bits per heavy atom. The number of halogens is 1. The lowest BCUT2D eigenvalue weighted by Crippen LogP contribution is -2.22. The van der Waals surface area contributed by atoms with Gasteiger partial charge in [-0.3, -0.25) is 9.59 Å². The minimum atomic E-state index is -1.18. The van der Waals surface area contributed by atoms with Gasteiger partial charge in [0.15, 0.2) is 0 Å². The van der Waals surface area contributed by atoms with Gasteiger partial charge in [0.2, 0.25) is 5.91 Å². The van der Waals surface area contributed by atoms with Crippen molar-refractivity contribution in [2.24, 2.45) is 0 Å². The number of amides is 2. The number of carboxylic acid groups (broad SMARTS) is 1.